The number of aryl methyl sites for hydroxylation is 1. The number of rotatable bonds is 3. The smallest absolute Gasteiger partial charge is 0.254 e. The van der Waals surface area contributed by atoms with Crippen molar-refractivity contribution in [3.05, 3.63) is 71.5 Å². The maximum absolute atomic E-state index is 13.1. The molecule has 138 valence electrons. The largest absolute Gasteiger partial charge is 0.367 e. The normalized spacial score (nSPS) is 19.9. The average Bonchev–Trinajstić information content (AvgIpc) is 3.22. The van der Waals surface area contributed by atoms with Crippen LogP contribution in [-0.2, 0) is 4.74 Å². The van der Waals surface area contributed by atoms with Crippen molar-refractivity contribution in [3.63, 3.8) is 0 Å². The molecule has 2 unspecified atom stereocenters. The van der Waals surface area contributed by atoms with Crippen molar-refractivity contribution in [2.75, 3.05) is 13.1 Å². The van der Waals surface area contributed by atoms with Crippen molar-refractivity contribution in [1.82, 2.24) is 25.1 Å². The van der Waals surface area contributed by atoms with Crippen molar-refractivity contribution in [2.45, 2.75) is 26.1 Å². The van der Waals surface area contributed by atoms with E-state index in [1.165, 1.54) is 6.33 Å². The van der Waals surface area contributed by atoms with Crippen molar-refractivity contribution in [1.29, 1.82) is 0 Å². The lowest BCUT2D eigenvalue weighted by molar-refractivity contribution is -0.0691. The summed E-state index contributed by atoms with van der Waals surface area (Å²) in [7, 11) is 0. The van der Waals surface area contributed by atoms with E-state index in [0.717, 1.165) is 16.8 Å². The van der Waals surface area contributed by atoms with E-state index < -0.39 is 0 Å². The van der Waals surface area contributed by atoms with Crippen LogP contribution >= 0.6 is 0 Å². The van der Waals surface area contributed by atoms with Gasteiger partial charge in [-0.15, -0.1) is 5.10 Å². The predicted octanol–water partition coefficient (Wildman–Crippen LogP) is 2.57. The number of tetrazole rings is 1. The molecule has 3 aromatic rings. The van der Waals surface area contributed by atoms with Crippen LogP contribution in [0.4, 0.5) is 0 Å². The van der Waals surface area contributed by atoms with Crippen molar-refractivity contribution >= 4 is 5.91 Å². The lowest BCUT2D eigenvalue weighted by Crippen LogP contribution is -2.46. The number of benzene rings is 2. The fourth-order valence-corrected chi connectivity index (χ4v) is 3.47. The summed E-state index contributed by atoms with van der Waals surface area (Å²) in [5.74, 6) is 0.0115. The van der Waals surface area contributed by atoms with Gasteiger partial charge >= 0.3 is 0 Å². The minimum absolute atomic E-state index is 0.0115. The van der Waals surface area contributed by atoms with Crippen LogP contribution < -0.4 is 0 Å². The van der Waals surface area contributed by atoms with Crippen LogP contribution in [0.15, 0.2) is 54.9 Å². The quantitative estimate of drug-likeness (QED) is 0.715. The van der Waals surface area contributed by atoms with E-state index in [1.807, 2.05) is 67.3 Å². The Labute approximate surface area is 157 Å². The number of ether oxygens (including phenoxy) is 1. The van der Waals surface area contributed by atoms with Gasteiger partial charge in [0.05, 0.1) is 18.3 Å². The molecule has 0 aliphatic carbocycles. The SMILES string of the molecule is Cc1cc(C(=O)N2CC(C)OC(c3ccccc3)C2)ccc1-n1cnnn1. The van der Waals surface area contributed by atoms with Gasteiger partial charge in [-0.3, -0.25) is 4.79 Å². The van der Waals surface area contributed by atoms with E-state index >= 15 is 0 Å². The molecule has 1 aliphatic heterocycles. The van der Waals surface area contributed by atoms with Gasteiger partial charge in [-0.25, -0.2) is 4.68 Å². The summed E-state index contributed by atoms with van der Waals surface area (Å²) in [6, 6.07) is 15.6. The lowest BCUT2D eigenvalue weighted by atomic mass is 10.0. The van der Waals surface area contributed by atoms with Crippen LogP contribution in [0.5, 0.6) is 0 Å². The summed E-state index contributed by atoms with van der Waals surface area (Å²) >= 11 is 0. The first kappa shape index (κ1) is 17.4. The van der Waals surface area contributed by atoms with E-state index in [2.05, 4.69) is 15.5 Å². The minimum atomic E-state index is -0.111. The minimum Gasteiger partial charge on any atom is -0.367 e. The molecule has 1 aromatic heterocycles. The molecule has 0 saturated carbocycles. The van der Waals surface area contributed by atoms with E-state index in [4.69, 9.17) is 4.74 Å². The molecule has 1 fully saturated rings. The third kappa shape index (κ3) is 3.59. The zero-order chi connectivity index (χ0) is 18.8. The molecule has 7 heteroatoms. The van der Waals surface area contributed by atoms with Gasteiger partial charge in [-0.1, -0.05) is 30.3 Å². The van der Waals surface area contributed by atoms with Gasteiger partial charge in [0.2, 0.25) is 0 Å². The second-order valence-corrected chi connectivity index (χ2v) is 6.81. The highest BCUT2D eigenvalue weighted by molar-refractivity contribution is 5.94. The second-order valence-electron chi connectivity index (χ2n) is 6.81. The number of amides is 1. The highest BCUT2D eigenvalue weighted by Gasteiger charge is 2.30. The number of carbonyl (C=O) groups excluding carboxylic acids is 1. The number of morpholine rings is 1. The molecule has 2 heterocycles. The second kappa shape index (κ2) is 7.28. The zero-order valence-corrected chi connectivity index (χ0v) is 15.3. The van der Waals surface area contributed by atoms with E-state index in [9.17, 15) is 4.79 Å². The highest BCUT2D eigenvalue weighted by Crippen LogP contribution is 2.26. The number of hydrogen-bond acceptors (Lipinski definition) is 5. The molecule has 0 radical (unpaired) electrons. The zero-order valence-electron chi connectivity index (χ0n) is 15.3. The summed E-state index contributed by atoms with van der Waals surface area (Å²) in [6.45, 7) is 5.07. The topological polar surface area (TPSA) is 73.1 Å². The summed E-state index contributed by atoms with van der Waals surface area (Å²) in [5.41, 5.74) is 3.54. The summed E-state index contributed by atoms with van der Waals surface area (Å²) < 4.78 is 7.65. The third-order valence-electron chi connectivity index (χ3n) is 4.76. The number of carbonyl (C=O) groups is 1. The first-order chi connectivity index (χ1) is 13.1. The van der Waals surface area contributed by atoms with Gasteiger partial charge in [-0.05, 0) is 53.6 Å². The van der Waals surface area contributed by atoms with Gasteiger partial charge in [0.1, 0.15) is 12.4 Å². The average molecular weight is 363 g/mol. The molecule has 7 nitrogen and oxygen atoms in total. The van der Waals surface area contributed by atoms with Crippen LogP contribution in [0.3, 0.4) is 0 Å². The van der Waals surface area contributed by atoms with E-state index in [0.29, 0.717) is 18.7 Å². The fraction of sp³-hybridized carbons (Fsp3) is 0.300. The van der Waals surface area contributed by atoms with Crippen LogP contribution in [0.2, 0.25) is 0 Å². The maximum atomic E-state index is 13.1. The third-order valence-corrected chi connectivity index (χ3v) is 4.76. The monoisotopic (exact) mass is 363 g/mol. The van der Waals surface area contributed by atoms with Crippen molar-refractivity contribution in [2.24, 2.45) is 0 Å². The molecule has 0 spiro atoms. The summed E-state index contributed by atoms with van der Waals surface area (Å²) in [4.78, 5) is 15.0. The lowest BCUT2D eigenvalue weighted by Gasteiger charge is -2.37. The number of hydrogen-bond donors (Lipinski definition) is 0. The van der Waals surface area contributed by atoms with Gasteiger partial charge in [0.25, 0.3) is 5.91 Å². The Hall–Kier alpha value is -3.06. The fourth-order valence-electron chi connectivity index (χ4n) is 3.47. The number of nitrogens with zero attached hydrogens (tertiary/aromatic N) is 5. The van der Waals surface area contributed by atoms with Crippen LogP contribution in [0, 0.1) is 6.92 Å². The van der Waals surface area contributed by atoms with Crippen molar-refractivity contribution < 1.29 is 9.53 Å². The Balaban J connectivity index is 1.56. The van der Waals surface area contributed by atoms with Gasteiger partial charge < -0.3 is 9.64 Å². The first-order valence-electron chi connectivity index (χ1n) is 8.95. The molecule has 1 saturated heterocycles. The highest BCUT2D eigenvalue weighted by atomic mass is 16.5. The maximum Gasteiger partial charge on any atom is 0.254 e. The molecule has 0 bridgehead atoms. The van der Waals surface area contributed by atoms with E-state index in [-0.39, 0.29) is 18.1 Å². The number of aromatic nitrogens is 4. The Bertz CT molecular complexity index is 927. The van der Waals surface area contributed by atoms with E-state index in [1.54, 1.807) is 4.68 Å². The Morgan fingerprint density at radius 2 is 1.96 bits per heavy atom. The van der Waals surface area contributed by atoms with Gasteiger partial charge in [0, 0.05) is 12.1 Å². The standard InChI is InChI=1S/C20H21N5O2/c1-14-10-17(8-9-18(14)25-13-21-22-23-25)20(26)24-11-15(2)27-19(12-24)16-6-4-3-5-7-16/h3-10,13,15,19H,11-12H2,1-2H3. The van der Waals surface area contributed by atoms with Crippen LogP contribution in [0.1, 0.15) is 34.5 Å². The molecule has 2 atom stereocenters. The molecule has 27 heavy (non-hydrogen) atoms. The van der Waals surface area contributed by atoms with Gasteiger partial charge in [0.15, 0.2) is 0 Å². The van der Waals surface area contributed by atoms with Gasteiger partial charge in [-0.2, -0.15) is 0 Å². The Morgan fingerprint density at radius 3 is 2.67 bits per heavy atom. The Morgan fingerprint density at radius 1 is 1.15 bits per heavy atom. The molecule has 4 rings (SSSR count). The summed E-state index contributed by atoms with van der Waals surface area (Å²) in [5, 5.41) is 11.2. The molecular formula is C20H21N5O2. The van der Waals surface area contributed by atoms with Crippen molar-refractivity contribution in [3.8, 4) is 5.69 Å². The van der Waals surface area contributed by atoms with Crippen LogP contribution in [0.25, 0.3) is 5.69 Å². The summed E-state index contributed by atoms with van der Waals surface area (Å²) in [6.07, 6.45) is 1.41. The predicted molar refractivity (Wildman–Crippen MR) is 99.5 cm³/mol. The molecule has 1 amide bonds. The Kier molecular flexibility index (Phi) is 4.68. The first-order valence-corrected chi connectivity index (χ1v) is 8.95. The molecule has 2 aromatic carbocycles. The molecular weight excluding hydrogens is 342 g/mol. The van der Waals surface area contributed by atoms with Crippen LogP contribution in [-0.4, -0.2) is 50.2 Å². The molecule has 1 aliphatic rings. The molecule has 0 N–H and O–H groups in total.